The van der Waals surface area contributed by atoms with Crippen molar-refractivity contribution < 1.29 is 9.90 Å². The smallest absolute Gasteiger partial charge is 0.303 e. The lowest BCUT2D eigenvalue weighted by Crippen LogP contribution is -1.91. The fourth-order valence-corrected chi connectivity index (χ4v) is 0.784. The number of allylic oxidation sites excluding steroid dienone is 2. The molecule has 10 heavy (non-hydrogen) atoms. The maximum absolute atomic E-state index is 10.0. The van der Waals surface area contributed by atoms with Crippen LogP contribution in [-0.4, -0.2) is 11.1 Å². The molecule has 0 amide bonds. The highest BCUT2D eigenvalue weighted by Crippen LogP contribution is 2.30. The van der Waals surface area contributed by atoms with Gasteiger partial charge in [-0.15, -0.1) is 0 Å². The Morgan fingerprint density at radius 2 is 2.30 bits per heavy atom. The van der Waals surface area contributed by atoms with Crippen LogP contribution in [0.15, 0.2) is 12.2 Å². The molecule has 0 heterocycles. The van der Waals surface area contributed by atoms with Gasteiger partial charge >= 0.3 is 5.97 Å². The van der Waals surface area contributed by atoms with E-state index in [2.05, 4.69) is 6.08 Å². The van der Waals surface area contributed by atoms with Crippen molar-refractivity contribution in [3.63, 3.8) is 0 Å². The minimum absolute atomic E-state index is 0.267. The Hall–Kier alpha value is -0.790. The molecular weight excluding hydrogens is 128 g/mol. The largest absolute Gasteiger partial charge is 0.481 e. The van der Waals surface area contributed by atoms with E-state index in [-0.39, 0.29) is 6.42 Å². The van der Waals surface area contributed by atoms with Crippen LogP contribution in [0.2, 0.25) is 0 Å². The Morgan fingerprint density at radius 3 is 2.80 bits per heavy atom. The van der Waals surface area contributed by atoms with Crippen molar-refractivity contribution in [1.82, 2.24) is 0 Å². The van der Waals surface area contributed by atoms with Gasteiger partial charge in [0.2, 0.25) is 0 Å². The summed E-state index contributed by atoms with van der Waals surface area (Å²) in [6.07, 6.45) is 7.65. The van der Waals surface area contributed by atoms with E-state index in [0.29, 0.717) is 6.42 Å². The standard InChI is InChI=1S/C8H12O2/c9-8(10)4-2-1-3-7-5-6-7/h1,3,7H,2,4-6H2,(H,9,10)/b3-1+. The molecule has 1 aliphatic rings. The zero-order chi connectivity index (χ0) is 7.40. The Balaban J connectivity index is 1.98. The van der Waals surface area contributed by atoms with Crippen LogP contribution in [0, 0.1) is 5.92 Å². The second kappa shape index (κ2) is 3.40. The summed E-state index contributed by atoms with van der Waals surface area (Å²) in [5, 5.41) is 8.26. The lowest BCUT2D eigenvalue weighted by Gasteiger charge is -1.85. The van der Waals surface area contributed by atoms with E-state index in [0.717, 1.165) is 5.92 Å². The number of aliphatic carboxylic acids is 1. The molecule has 2 nitrogen and oxygen atoms in total. The molecular formula is C8H12O2. The highest BCUT2D eigenvalue weighted by molar-refractivity contribution is 5.66. The van der Waals surface area contributed by atoms with Gasteiger partial charge in [-0.2, -0.15) is 0 Å². The van der Waals surface area contributed by atoms with Crippen molar-refractivity contribution in [2.75, 3.05) is 0 Å². The zero-order valence-corrected chi connectivity index (χ0v) is 5.92. The van der Waals surface area contributed by atoms with E-state index < -0.39 is 5.97 Å². The normalized spacial score (nSPS) is 18.0. The molecule has 1 saturated carbocycles. The number of rotatable bonds is 4. The fraction of sp³-hybridized carbons (Fsp3) is 0.625. The van der Waals surface area contributed by atoms with Crippen LogP contribution < -0.4 is 0 Å². The lowest BCUT2D eigenvalue weighted by molar-refractivity contribution is -0.136. The maximum atomic E-state index is 10.0. The number of hydrogen-bond acceptors (Lipinski definition) is 1. The average molecular weight is 140 g/mol. The third-order valence-corrected chi connectivity index (χ3v) is 1.56. The van der Waals surface area contributed by atoms with Crippen LogP contribution >= 0.6 is 0 Å². The molecule has 0 aliphatic heterocycles. The van der Waals surface area contributed by atoms with Gasteiger partial charge in [0.05, 0.1) is 0 Å². The van der Waals surface area contributed by atoms with Crippen LogP contribution in [0.5, 0.6) is 0 Å². The van der Waals surface area contributed by atoms with Gasteiger partial charge in [0, 0.05) is 6.42 Å². The first kappa shape index (κ1) is 7.32. The highest BCUT2D eigenvalue weighted by atomic mass is 16.4. The molecule has 0 bridgehead atoms. The summed E-state index contributed by atoms with van der Waals surface area (Å²) >= 11 is 0. The fourth-order valence-electron chi connectivity index (χ4n) is 0.784. The Labute approximate surface area is 60.6 Å². The minimum atomic E-state index is -0.708. The van der Waals surface area contributed by atoms with Crippen molar-refractivity contribution in [3.8, 4) is 0 Å². The van der Waals surface area contributed by atoms with Gasteiger partial charge in [-0.05, 0) is 25.2 Å². The minimum Gasteiger partial charge on any atom is -0.481 e. The van der Waals surface area contributed by atoms with Crippen LogP contribution in [0.25, 0.3) is 0 Å². The first-order valence-electron chi connectivity index (χ1n) is 3.67. The average Bonchev–Trinajstić information content (AvgIpc) is 2.62. The van der Waals surface area contributed by atoms with Gasteiger partial charge in [0.15, 0.2) is 0 Å². The van der Waals surface area contributed by atoms with Gasteiger partial charge in [0.1, 0.15) is 0 Å². The van der Waals surface area contributed by atoms with Crippen molar-refractivity contribution in [2.45, 2.75) is 25.7 Å². The van der Waals surface area contributed by atoms with E-state index in [9.17, 15) is 4.79 Å². The Morgan fingerprint density at radius 1 is 1.60 bits per heavy atom. The molecule has 0 aromatic carbocycles. The van der Waals surface area contributed by atoms with E-state index in [1.165, 1.54) is 12.8 Å². The second-order valence-electron chi connectivity index (χ2n) is 2.70. The third-order valence-electron chi connectivity index (χ3n) is 1.56. The Kier molecular flexibility index (Phi) is 2.49. The maximum Gasteiger partial charge on any atom is 0.303 e. The van der Waals surface area contributed by atoms with Crippen molar-refractivity contribution in [3.05, 3.63) is 12.2 Å². The molecule has 56 valence electrons. The van der Waals surface area contributed by atoms with Crippen molar-refractivity contribution >= 4 is 5.97 Å². The topological polar surface area (TPSA) is 37.3 Å². The van der Waals surface area contributed by atoms with Crippen molar-refractivity contribution in [2.24, 2.45) is 5.92 Å². The molecule has 0 unspecified atom stereocenters. The van der Waals surface area contributed by atoms with E-state index in [4.69, 9.17) is 5.11 Å². The summed E-state index contributed by atoms with van der Waals surface area (Å²) in [5.41, 5.74) is 0. The van der Waals surface area contributed by atoms with E-state index in [1.54, 1.807) is 0 Å². The zero-order valence-electron chi connectivity index (χ0n) is 5.92. The molecule has 0 atom stereocenters. The molecule has 0 aromatic heterocycles. The van der Waals surface area contributed by atoms with E-state index in [1.807, 2.05) is 6.08 Å². The van der Waals surface area contributed by atoms with Gasteiger partial charge in [-0.1, -0.05) is 12.2 Å². The van der Waals surface area contributed by atoms with Gasteiger partial charge in [-0.25, -0.2) is 0 Å². The summed E-state index contributed by atoms with van der Waals surface area (Å²) in [6, 6.07) is 0. The monoisotopic (exact) mass is 140 g/mol. The molecule has 0 radical (unpaired) electrons. The lowest BCUT2D eigenvalue weighted by atomic mass is 10.2. The molecule has 1 fully saturated rings. The summed E-state index contributed by atoms with van der Waals surface area (Å²) < 4.78 is 0. The summed E-state index contributed by atoms with van der Waals surface area (Å²) in [7, 11) is 0. The summed E-state index contributed by atoms with van der Waals surface area (Å²) in [4.78, 5) is 10.0. The molecule has 1 rings (SSSR count). The molecule has 2 heteroatoms. The van der Waals surface area contributed by atoms with Crippen LogP contribution in [-0.2, 0) is 4.79 Å². The quantitative estimate of drug-likeness (QED) is 0.605. The van der Waals surface area contributed by atoms with Gasteiger partial charge < -0.3 is 5.11 Å². The third kappa shape index (κ3) is 3.28. The number of carbonyl (C=O) groups is 1. The second-order valence-corrected chi connectivity index (χ2v) is 2.70. The summed E-state index contributed by atoms with van der Waals surface area (Å²) in [5.74, 6) is 0.0641. The Bertz CT molecular complexity index is 145. The molecule has 1 N–H and O–H groups in total. The predicted octanol–water partition coefficient (Wildman–Crippen LogP) is 1.82. The van der Waals surface area contributed by atoms with Crippen LogP contribution in [0.1, 0.15) is 25.7 Å². The molecule has 0 spiro atoms. The van der Waals surface area contributed by atoms with Gasteiger partial charge in [0.25, 0.3) is 0 Å². The highest BCUT2D eigenvalue weighted by Gasteiger charge is 2.16. The molecule has 1 aliphatic carbocycles. The van der Waals surface area contributed by atoms with Crippen LogP contribution in [0.3, 0.4) is 0 Å². The number of hydrogen-bond donors (Lipinski definition) is 1. The van der Waals surface area contributed by atoms with Gasteiger partial charge in [-0.3, -0.25) is 4.79 Å². The predicted molar refractivity (Wildman–Crippen MR) is 38.7 cm³/mol. The summed E-state index contributed by atoms with van der Waals surface area (Å²) in [6.45, 7) is 0. The van der Waals surface area contributed by atoms with E-state index >= 15 is 0 Å². The van der Waals surface area contributed by atoms with Crippen molar-refractivity contribution in [1.29, 1.82) is 0 Å². The SMILES string of the molecule is O=C(O)CC/C=C/C1CC1. The molecule has 0 saturated heterocycles. The first-order valence-corrected chi connectivity index (χ1v) is 3.67. The number of carboxylic acid groups (broad SMARTS) is 1. The number of carboxylic acids is 1. The first-order chi connectivity index (χ1) is 4.79. The molecule has 0 aromatic rings. The van der Waals surface area contributed by atoms with Crippen LogP contribution in [0.4, 0.5) is 0 Å².